The Balaban J connectivity index is 1.82. The number of rotatable bonds is 14. The Morgan fingerprint density at radius 1 is 1.09 bits per heavy atom. The zero-order chi connectivity index (χ0) is 31.4. The Hall–Kier alpha value is -4.16. The van der Waals surface area contributed by atoms with Crippen molar-refractivity contribution in [1.82, 2.24) is 21.1 Å². The van der Waals surface area contributed by atoms with E-state index in [0.29, 0.717) is 35.7 Å². The number of amides is 3. The molecule has 5 N–H and O–H groups in total. The molecule has 1 aromatic heterocycles. The topological polar surface area (TPSA) is 151 Å². The highest BCUT2D eigenvalue weighted by atomic mass is 32.2. The minimum atomic E-state index is -0.801. The summed E-state index contributed by atoms with van der Waals surface area (Å²) in [5.74, 6) is 0.522. The second-order valence-electron chi connectivity index (χ2n) is 10.8. The van der Waals surface area contributed by atoms with Gasteiger partial charge in [-0.25, -0.2) is 10.3 Å². The van der Waals surface area contributed by atoms with Crippen LogP contribution in [-0.4, -0.2) is 71.5 Å². The van der Waals surface area contributed by atoms with Crippen molar-refractivity contribution >= 4 is 46.6 Å². The summed E-state index contributed by atoms with van der Waals surface area (Å²) in [6.07, 6.45) is 6.77. The van der Waals surface area contributed by atoms with Crippen LogP contribution in [0.2, 0.25) is 0 Å². The van der Waals surface area contributed by atoms with E-state index in [1.54, 1.807) is 56.2 Å². The van der Waals surface area contributed by atoms with Gasteiger partial charge in [0.15, 0.2) is 11.5 Å². The number of para-hydroxylation sites is 1. The largest absolute Gasteiger partial charge is 0.493 e. The number of aromatic amines is 1. The summed E-state index contributed by atoms with van der Waals surface area (Å²) in [7, 11) is 1.50. The maximum absolute atomic E-state index is 13.5. The molecule has 2 aromatic carbocycles. The van der Waals surface area contributed by atoms with Gasteiger partial charge < -0.3 is 29.8 Å². The molecule has 3 aromatic rings. The number of alkyl carbamates (subject to hydrolysis) is 1. The van der Waals surface area contributed by atoms with Gasteiger partial charge in [-0.3, -0.25) is 14.8 Å². The first-order valence-electron chi connectivity index (χ1n) is 13.8. The Bertz CT molecular complexity index is 1420. The molecule has 3 amide bonds. The summed E-state index contributed by atoms with van der Waals surface area (Å²) in [6.45, 7) is 5.40. The smallest absolute Gasteiger partial charge is 0.408 e. The number of hydrogen-bond donors (Lipinski definition) is 5. The third-order valence-corrected chi connectivity index (χ3v) is 6.91. The van der Waals surface area contributed by atoms with Crippen molar-refractivity contribution < 1.29 is 33.8 Å². The van der Waals surface area contributed by atoms with Crippen molar-refractivity contribution in [3.05, 3.63) is 65.9 Å². The van der Waals surface area contributed by atoms with E-state index < -0.39 is 29.7 Å². The van der Waals surface area contributed by atoms with Crippen LogP contribution < -0.4 is 25.6 Å². The van der Waals surface area contributed by atoms with Crippen molar-refractivity contribution in [1.29, 1.82) is 0 Å². The molecule has 12 heteroatoms. The van der Waals surface area contributed by atoms with Gasteiger partial charge in [0, 0.05) is 23.2 Å². The molecule has 11 nitrogen and oxygen atoms in total. The van der Waals surface area contributed by atoms with E-state index in [2.05, 4.69) is 15.6 Å². The number of hydroxylamine groups is 1. The number of fused-ring (bicyclic) bond motifs is 1. The summed E-state index contributed by atoms with van der Waals surface area (Å²) < 4.78 is 17.0. The monoisotopic (exact) mass is 612 g/mol. The number of aromatic nitrogens is 1. The predicted molar refractivity (Wildman–Crippen MR) is 168 cm³/mol. The zero-order valence-corrected chi connectivity index (χ0v) is 25.9. The second-order valence-corrected chi connectivity index (χ2v) is 11.8. The number of ether oxygens (including phenoxy) is 3. The van der Waals surface area contributed by atoms with Gasteiger partial charge in [0.05, 0.1) is 13.2 Å². The quantitative estimate of drug-likeness (QED) is 0.102. The molecule has 0 aliphatic heterocycles. The summed E-state index contributed by atoms with van der Waals surface area (Å²) in [6, 6.07) is 11.7. The molecule has 0 radical (unpaired) electrons. The molecule has 0 bridgehead atoms. The van der Waals surface area contributed by atoms with E-state index in [1.807, 2.05) is 36.7 Å². The minimum Gasteiger partial charge on any atom is -0.493 e. The lowest BCUT2D eigenvalue weighted by molar-refractivity contribution is -0.124. The molecule has 0 saturated heterocycles. The zero-order valence-electron chi connectivity index (χ0n) is 25.1. The van der Waals surface area contributed by atoms with E-state index in [1.165, 1.54) is 19.3 Å². The average molecular weight is 613 g/mol. The molecule has 43 heavy (non-hydrogen) atoms. The maximum Gasteiger partial charge on any atom is 0.408 e. The van der Waals surface area contributed by atoms with Crippen LogP contribution in [0.15, 0.2) is 54.7 Å². The van der Waals surface area contributed by atoms with Crippen molar-refractivity contribution in [3.63, 3.8) is 0 Å². The van der Waals surface area contributed by atoms with Crippen LogP contribution in [0.1, 0.15) is 38.3 Å². The molecule has 2 atom stereocenters. The highest BCUT2D eigenvalue weighted by Crippen LogP contribution is 2.29. The van der Waals surface area contributed by atoms with Gasteiger partial charge in [0.1, 0.15) is 18.2 Å². The van der Waals surface area contributed by atoms with Crippen LogP contribution in [0.25, 0.3) is 17.0 Å². The lowest BCUT2D eigenvalue weighted by atomic mass is 10.0. The molecule has 0 aliphatic carbocycles. The fraction of sp³-hybridized carbons (Fsp3) is 0.387. The SMILES string of the molecule is COc1cc(/C=C/C(=O)NO)ccc1OC[C@H](Cc1c[nH]c2ccccc12)NC(=O)[C@@H](CCSC)NC(=O)OC(C)(C)C. The van der Waals surface area contributed by atoms with E-state index in [4.69, 9.17) is 19.4 Å². The number of hydrogen-bond acceptors (Lipinski definition) is 8. The van der Waals surface area contributed by atoms with Crippen molar-refractivity contribution in [2.75, 3.05) is 25.7 Å². The average Bonchev–Trinajstić information content (AvgIpc) is 3.38. The van der Waals surface area contributed by atoms with Gasteiger partial charge in [-0.05, 0) is 81.0 Å². The molecular formula is C31H40N4O7S. The van der Waals surface area contributed by atoms with Crippen LogP contribution in [0.4, 0.5) is 4.79 Å². The number of carbonyl (C=O) groups is 3. The van der Waals surface area contributed by atoms with Gasteiger partial charge >= 0.3 is 6.09 Å². The van der Waals surface area contributed by atoms with Crippen molar-refractivity contribution in [3.8, 4) is 11.5 Å². The summed E-state index contributed by atoms with van der Waals surface area (Å²) in [4.78, 5) is 40.7. The van der Waals surface area contributed by atoms with Gasteiger partial charge in [0.25, 0.3) is 5.91 Å². The summed E-state index contributed by atoms with van der Waals surface area (Å²) >= 11 is 1.58. The van der Waals surface area contributed by atoms with Crippen molar-refractivity contribution in [2.45, 2.75) is 51.3 Å². The molecule has 0 saturated carbocycles. The molecule has 3 rings (SSSR count). The summed E-state index contributed by atoms with van der Waals surface area (Å²) in [5, 5.41) is 15.5. The lowest BCUT2D eigenvalue weighted by Gasteiger charge is -2.26. The Morgan fingerprint density at radius 3 is 2.56 bits per heavy atom. The van der Waals surface area contributed by atoms with E-state index in [-0.39, 0.29) is 12.5 Å². The van der Waals surface area contributed by atoms with Crippen LogP contribution in [-0.2, 0) is 20.7 Å². The molecule has 0 unspecified atom stereocenters. The summed E-state index contributed by atoms with van der Waals surface area (Å²) in [5.41, 5.74) is 3.47. The molecule has 0 fully saturated rings. The van der Waals surface area contributed by atoms with Crippen LogP contribution in [0.5, 0.6) is 11.5 Å². The third kappa shape index (κ3) is 10.6. The minimum absolute atomic E-state index is 0.103. The molecule has 0 spiro atoms. The molecule has 0 aliphatic rings. The number of H-pyrrole nitrogens is 1. The second kappa shape index (κ2) is 15.9. The Kier molecular flexibility index (Phi) is 12.3. The van der Waals surface area contributed by atoms with Crippen LogP contribution in [0, 0.1) is 0 Å². The molecule has 232 valence electrons. The van der Waals surface area contributed by atoms with Crippen LogP contribution in [0.3, 0.4) is 0 Å². The highest BCUT2D eigenvalue weighted by molar-refractivity contribution is 7.98. The van der Waals surface area contributed by atoms with E-state index in [9.17, 15) is 14.4 Å². The Labute approximate surface area is 255 Å². The van der Waals surface area contributed by atoms with E-state index in [0.717, 1.165) is 16.5 Å². The standard InChI is InChI=1S/C31H40N4O7S/c1-31(2,3)42-30(38)34-25(14-15-43-5)29(37)33-22(17-21-18-32-24-9-7-6-8-23(21)24)19-41-26-12-10-20(16-27(26)40-4)11-13-28(36)35-39/h6-13,16,18,22,25,32,39H,14-15,17,19H2,1-5H3,(H,33,37)(H,34,38)(H,35,36)/b13-11+/t22-,25+/m0/s1. The third-order valence-electron chi connectivity index (χ3n) is 6.27. The van der Waals surface area contributed by atoms with Gasteiger partial charge in [-0.2, -0.15) is 11.8 Å². The van der Waals surface area contributed by atoms with Gasteiger partial charge in [-0.15, -0.1) is 0 Å². The predicted octanol–water partition coefficient (Wildman–Crippen LogP) is 4.45. The van der Waals surface area contributed by atoms with E-state index >= 15 is 0 Å². The highest BCUT2D eigenvalue weighted by Gasteiger charge is 2.27. The first kappa shape index (κ1) is 33.3. The fourth-order valence-electron chi connectivity index (χ4n) is 4.28. The first-order valence-corrected chi connectivity index (χ1v) is 15.2. The lowest BCUT2D eigenvalue weighted by Crippen LogP contribution is -2.52. The number of carbonyl (C=O) groups excluding carboxylic acids is 3. The van der Waals surface area contributed by atoms with Gasteiger partial charge in [-0.1, -0.05) is 24.3 Å². The van der Waals surface area contributed by atoms with Gasteiger partial charge in [0.2, 0.25) is 5.91 Å². The fourth-order valence-corrected chi connectivity index (χ4v) is 4.75. The number of benzene rings is 2. The first-order chi connectivity index (χ1) is 20.5. The maximum atomic E-state index is 13.5. The Morgan fingerprint density at radius 2 is 1.86 bits per heavy atom. The van der Waals surface area contributed by atoms with Crippen LogP contribution >= 0.6 is 11.8 Å². The number of methoxy groups -OCH3 is 1. The molecular weight excluding hydrogens is 572 g/mol. The van der Waals surface area contributed by atoms with Crippen molar-refractivity contribution in [2.24, 2.45) is 0 Å². The molecule has 1 heterocycles. The number of thioether (sulfide) groups is 1. The number of nitrogens with one attached hydrogen (secondary N) is 4. The normalized spacial score (nSPS) is 12.9.